The summed E-state index contributed by atoms with van der Waals surface area (Å²) in [6, 6.07) is 4.27. The van der Waals surface area contributed by atoms with Gasteiger partial charge in [-0.2, -0.15) is 26.3 Å². The van der Waals surface area contributed by atoms with E-state index in [0.717, 1.165) is 12.1 Å². The SMILES string of the molecule is Cl.NC(=O)C(c1ccccc1)(C(F)(F)F)C(F)(F)F. The van der Waals surface area contributed by atoms with Gasteiger partial charge in [-0.1, -0.05) is 30.3 Å². The number of primary amides is 1. The first-order chi connectivity index (χ1) is 8.05. The van der Waals surface area contributed by atoms with Crippen LogP contribution in [0.25, 0.3) is 0 Å². The third-order valence-electron chi connectivity index (χ3n) is 2.43. The van der Waals surface area contributed by atoms with Gasteiger partial charge in [0.1, 0.15) is 0 Å². The number of amides is 1. The van der Waals surface area contributed by atoms with E-state index < -0.39 is 29.2 Å². The number of alkyl halides is 6. The average molecular weight is 308 g/mol. The molecule has 0 atom stereocenters. The van der Waals surface area contributed by atoms with Crippen LogP contribution in [0.5, 0.6) is 0 Å². The zero-order chi connectivity index (χ0) is 14.2. The van der Waals surface area contributed by atoms with Crippen molar-refractivity contribution in [1.29, 1.82) is 0 Å². The van der Waals surface area contributed by atoms with E-state index in [0.29, 0.717) is 12.1 Å². The summed E-state index contributed by atoms with van der Waals surface area (Å²) in [7, 11) is 0. The molecule has 1 rings (SSSR count). The van der Waals surface area contributed by atoms with Crippen molar-refractivity contribution in [2.75, 3.05) is 0 Å². The first-order valence-electron chi connectivity index (χ1n) is 4.54. The van der Waals surface area contributed by atoms with Crippen LogP contribution in [-0.4, -0.2) is 18.3 Å². The van der Waals surface area contributed by atoms with E-state index in [4.69, 9.17) is 0 Å². The largest absolute Gasteiger partial charge is 0.416 e. The second kappa shape index (κ2) is 5.28. The summed E-state index contributed by atoms with van der Waals surface area (Å²) >= 11 is 0. The molecule has 108 valence electrons. The molecule has 0 saturated carbocycles. The van der Waals surface area contributed by atoms with Crippen LogP contribution in [0, 0.1) is 0 Å². The van der Waals surface area contributed by atoms with Crippen molar-refractivity contribution in [3.63, 3.8) is 0 Å². The van der Waals surface area contributed by atoms with Crippen LogP contribution in [0.4, 0.5) is 26.3 Å². The molecule has 1 aromatic rings. The predicted octanol–water partition coefficient (Wildman–Crippen LogP) is 2.96. The monoisotopic (exact) mass is 307 g/mol. The molecule has 2 nitrogen and oxygen atoms in total. The fraction of sp³-hybridized carbons (Fsp3) is 0.300. The summed E-state index contributed by atoms with van der Waals surface area (Å²) in [4.78, 5) is 10.9. The van der Waals surface area contributed by atoms with Gasteiger partial charge in [0.25, 0.3) is 5.41 Å². The van der Waals surface area contributed by atoms with E-state index in [1.165, 1.54) is 6.07 Å². The summed E-state index contributed by atoms with van der Waals surface area (Å²) < 4.78 is 76.7. The predicted molar refractivity (Wildman–Crippen MR) is 56.7 cm³/mol. The smallest absolute Gasteiger partial charge is 0.368 e. The highest BCUT2D eigenvalue weighted by Gasteiger charge is 2.75. The minimum absolute atomic E-state index is 0. The van der Waals surface area contributed by atoms with Crippen molar-refractivity contribution in [2.24, 2.45) is 5.73 Å². The maximum atomic E-state index is 12.8. The molecule has 19 heavy (non-hydrogen) atoms. The van der Waals surface area contributed by atoms with Crippen LogP contribution >= 0.6 is 12.4 Å². The number of carbonyl (C=O) groups is 1. The van der Waals surface area contributed by atoms with E-state index in [-0.39, 0.29) is 12.4 Å². The third-order valence-corrected chi connectivity index (χ3v) is 2.43. The standard InChI is InChI=1S/C10H7F6NO.ClH/c11-9(12,13)8(7(17)18,10(14,15)16)6-4-2-1-3-5-6;/h1-5H,(H2,17,18);1H. The highest BCUT2D eigenvalue weighted by Crippen LogP contribution is 2.51. The lowest BCUT2D eigenvalue weighted by Crippen LogP contribution is -2.61. The number of hydrogen-bond acceptors (Lipinski definition) is 1. The van der Waals surface area contributed by atoms with Crippen LogP contribution < -0.4 is 5.73 Å². The van der Waals surface area contributed by atoms with Gasteiger partial charge in [-0.25, -0.2) is 0 Å². The van der Waals surface area contributed by atoms with Gasteiger partial charge in [0.2, 0.25) is 5.91 Å². The second-order valence-corrected chi connectivity index (χ2v) is 3.48. The van der Waals surface area contributed by atoms with Gasteiger partial charge in [-0.3, -0.25) is 4.79 Å². The normalized spacial score (nSPS) is 12.7. The number of halogens is 7. The molecule has 0 aromatic heterocycles. The Kier molecular flexibility index (Phi) is 4.88. The van der Waals surface area contributed by atoms with Crippen LogP contribution in [0.1, 0.15) is 5.56 Å². The van der Waals surface area contributed by atoms with Crippen molar-refractivity contribution in [1.82, 2.24) is 0 Å². The molecule has 0 radical (unpaired) electrons. The molecule has 2 N–H and O–H groups in total. The van der Waals surface area contributed by atoms with Crippen LogP contribution in [0.3, 0.4) is 0 Å². The minimum Gasteiger partial charge on any atom is -0.368 e. The van der Waals surface area contributed by atoms with Crippen molar-refractivity contribution in [2.45, 2.75) is 17.8 Å². The van der Waals surface area contributed by atoms with Gasteiger partial charge in [0, 0.05) is 0 Å². The molecule has 0 aliphatic rings. The highest BCUT2D eigenvalue weighted by atomic mass is 35.5. The van der Waals surface area contributed by atoms with E-state index >= 15 is 0 Å². The number of hydrogen-bond donors (Lipinski definition) is 1. The van der Waals surface area contributed by atoms with Crippen LogP contribution in [0.2, 0.25) is 0 Å². The molecule has 0 bridgehead atoms. The Hall–Kier alpha value is -1.44. The number of rotatable bonds is 2. The molecule has 0 aliphatic heterocycles. The molecule has 0 heterocycles. The Balaban J connectivity index is 0.00000324. The first kappa shape index (κ1) is 17.6. The van der Waals surface area contributed by atoms with E-state index in [1.807, 2.05) is 0 Å². The van der Waals surface area contributed by atoms with E-state index in [9.17, 15) is 31.1 Å². The Labute approximate surface area is 110 Å². The van der Waals surface area contributed by atoms with E-state index in [2.05, 4.69) is 5.73 Å². The lowest BCUT2D eigenvalue weighted by atomic mass is 9.78. The molecule has 0 unspecified atom stereocenters. The Morgan fingerprint density at radius 3 is 1.53 bits per heavy atom. The molecule has 0 saturated heterocycles. The lowest BCUT2D eigenvalue weighted by molar-refractivity contribution is -0.290. The zero-order valence-electron chi connectivity index (χ0n) is 9.05. The Morgan fingerprint density at radius 2 is 1.26 bits per heavy atom. The molecule has 0 spiro atoms. The molecule has 1 amide bonds. The number of carbonyl (C=O) groups excluding carboxylic acids is 1. The third kappa shape index (κ3) is 2.63. The summed E-state index contributed by atoms with van der Waals surface area (Å²) in [5.41, 5.74) is -1.55. The van der Waals surface area contributed by atoms with Crippen LogP contribution in [0.15, 0.2) is 30.3 Å². The summed E-state index contributed by atoms with van der Waals surface area (Å²) in [6.45, 7) is 0. The maximum Gasteiger partial charge on any atom is 0.416 e. The van der Waals surface area contributed by atoms with Crippen molar-refractivity contribution in [3.05, 3.63) is 35.9 Å². The van der Waals surface area contributed by atoms with Crippen LogP contribution in [-0.2, 0) is 10.2 Å². The quantitative estimate of drug-likeness (QED) is 0.839. The second-order valence-electron chi connectivity index (χ2n) is 3.48. The molecular weight excluding hydrogens is 300 g/mol. The number of nitrogens with two attached hydrogens (primary N) is 1. The van der Waals surface area contributed by atoms with Gasteiger partial charge in [0.05, 0.1) is 0 Å². The van der Waals surface area contributed by atoms with E-state index in [1.54, 1.807) is 0 Å². The average Bonchev–Trinajstić information content (AvgIpc) is 2.14. The zero-order valence-corrected chi connectivity index (χ0v) is 9.86. The highest BCUT2D eigenvalue weighted by molar-refractivity contribution is 5.89. The Morgan fingerprint density at radius 1 is 0.895 bits per heavy atom. The van der Waals surface area contributed by atoms with Crippen molar-refractivity contribution in [3.8, 4) is 0 Å². The summed E-state index contributed by atoms with van der Waals surface area (Å²) in [5.74, 6) is -2.51. The summed E-state index contributed by atoms with van der Waals surface area (Å²) in [5, 5.41) is 0. The molecular formula is C10H8ClF6NO. The van der Waals surface area contributed by atoms with Gasteiger partial charge in [-0.05, 0) is 5.56 Å². The maximum absolute atomic E-state index is 12.8. The van der Waals surface area contributed by atoms with Gasteiger partial charge >= 0.3 is 12.4 Å². The molecule has 0 aliphatic carbocycles. The Bertz CT molecular complexity index is 428. The molecule has 1 aromatic carbocycles. The van der Waals surface area contributed by atoms with Crippen molar-refractivity contribution < 1.29 is 31.1 Å². The topological polar surface area (TPSA) is 43.1 Å². The lowest BCUT2D eigenvalue weighted by Gasteiger charge is -2.34. The summed E-state index contributed by atoms with van der Waals surface area (Å²) in [6.07, 6.45) is -11.8. The van der Waals surface area contributed by atoms with Gasteiger partial charge in [-0.15, -0.1) is 12.4 Å². The minimum atomic E-state index is -5.88. The molecule has 9 heteroatoms. The first-order valence-corrected chi connectivity index (χ1v) is 4.54. The molecule has 0 fully saturated rings. The van der Waals surface area contributed by atoms with Gasteiger partial charge < -0.3 is 5.73 Å². The van der Waals surface area contributed by atoms with Crippen molar-refractivity contribution >= 4 is 18.3 Å². The number of benzene rings is 1. The van der Waals surface area contributed by atoms with Gasteiger partial charge in [0.15, 0.2) is 0 Å². The fourth-order valence-corrected chi connectivity index (χ4v) is 1.60. The fourth-order valence-electron chi connectivity index (χ4n) is 1.60.